The molecule has 0 fully saturated rings. The SMILES string of the molecule is CCCCCCCCCCCCCCCCCCCCCCOc1ccc(C(NC(=O)[C@H](C)NC(=O)OCC2c3ccccc3-c3ccccc32)c2ccc(OCCCCCCCCCCCCCCCCCCCCCC)cc2)cc1. The molecule has 0 unspecified atom stereocenters. The molecule has 4 aromatic rings. The van der Waals surface area contributed by atoms with Gasteiger partial charge in [-0.3, -0.25) is 4.79 Å². The summed E-state index contributed by atoms with van der Waals surface area (Å²) in [6, 6.07) is 31.4. The molecule has 1 aliphatic rings. The molecular weight excluding hydrogens is 1010 g/mol. The molecule has 456 valence electrons. The average molecular weight is 1130 g/mol. The Kier molecular flexibility index (Phi) is 37.1. The highest BCUT2D eigenvalue weighted by Gasteiger charge is 2.30. The molecule has 5 rings (SSSR count). The molecule has 0 heterocycles. The number of carbonyl (C=O) groups excluding carboxylic acids is 2. The van der Waals surface area contributed by atoms with Crippen molar-refractivity contribution in [2.75, 3.05) is 19.8 Å². The quantitative estimate of drug-likeness (QED) is 0.0430. The smallest absolute Gasteiger partial charge is 0.407 e. The maximum Gasteiger partial charge on any atom is 0.407 e. The van der Waals surface area contributed by atoms with Crippen molar-refractivity contribution in [1.82, 2.24) is 10.6 Å². The zero-order valence-corrected chi connectivity index (χ0v) is 52.4. The van der Waals surface area contributed by atoms with Crippen LogP contribution >= 0.6 is 0 Å². The predicted molar refractivity (Wildman–Crippen MR) is 348 cm³/mol. The molecule has 7 nitrogen and oxygen atoms in total. The van der Waals surface area contributed by atoms with Gasteiger partial charge in [-0.1, -0.05) is 331 Å². The van der Waals surface area contributed by atoms with Gasteiger partial charge >= 0.3 is 6.09 Å². The van der Waals surface area contributed by atoms with Gasteiger partial charge in [0, 0.05) is 5.92 Å². The highest BCUT2D eigenvalue weighted by molar-refractivity contribution is 5.86. The summed E-state index contributed by atoms with van der Waals surface area (Å²) < 4.78 is 18.2. The van der Waals surface area contributed by atoms with Gasteiger partial charge in [0.25, 0.3) is 0 Å². The van der Waals surface area contributed by atoms with Crippen LogP contribution in [0.2, 0.25) is 0 Å². The molecule has 0 spiro atoms. The van der Waals surface area contributed by atoms with Crippen molar-refractivity contribution in [2.45, 2.75) is 296 Å². The number of benzene rings is 4. The lowest BCUT2D eigenvalue weighted by Crippen LogP contribution is -2.46. The van der Waals surface area contributed by atoms with Crippen molar-refractivity contribution in [2.24, 2.45) is 0 Å². The molecule has 4 aromatic carbocycles. The van der Waals surface area contributed by atoms with E-state index < -0.39 is 18.2 Å². The van der Waals surface area contributed by atoms with E-state index in [0.29, 0.717) is 13.2 Å². The maximum atomic E-state index is 13.9. The zero-order chi connectivity index (χ0) is 57.8. The number of amides is 2. The van der Waals surface area contributed by atoms with E-state index >= 15 is 0 Å². The van der Waals surface area contributed by atoms with Gasteiger partial charge in [-0.25, -0.2) is 4.79 Å². The van der Waals surface area contributed by atoms with E-state index in [1.165, 1.54) is 255 Å². The van der Waals surface area contributed by atoms with E-state index in [9.17, 15) is 9.59 Å². The molecule has 82 heavy (non-hydrogen) atoms. The van der Waals surface area contributed by atoms with Crippen LogP contribution in [0.3, 0.4) is 0 Å². The van der Waals surface area contributed by atoms with Crippen LogP contribution in [0.1, 0.15) is 312 Å². The summed E-state index contributed by atoms with van der Waals surface area (Å²) >= 11 is 0. The summed E-state index contributed by atoms with van der Waals surface area (Å²) in [5.74, 6) is 1.28. The first-order valence-electron chi connectivity index (χ1n) is 34.4. The minimum Gasteiger partial charge on any atom is -0.494 e. The molecule has 2 N–H and O–H groups in total. The molecule has 0 radical (unpaired) electrons. The third-order valence-corrected chi connectivity index (χ3v) is 17.3. The molecule has 2 amide bonds. The minimum atomic E-state index is -0.837. The third kappa shape index (κ3) is 28.7. The number of carbonyl (C=O) groups is 2. The lowest BCUT2D eigenvalue weighted by Gasteiger charge is -2.23. The molecular formula is C75H116N2O5. The summed E-state index contributed by atoms with van der Waals surface area (Å²) in [5.41, 5.74) is 6.47. The van der Waals surface area contributed by atoms with Gasteiger partial charge in [-0.05, 0) is 77.4 Å². The van der Waals surface area contributed by atoms with Crippen LogP contribution in [0.15, 0.2) is 97.1 Å². The van der Waals surface area contributed by atoms with Gasteiger partial charge in [0.15, 0.2) is 0 Å². The summed E-state index contributed by atoms with van der Waals surface area (Å²) in [4.78, 5) is 27.2. The number of unbranched alkanes of at least 4 members (excludes halogenated alkanes) is 38. The molecule has 0 aromatic heterocycles. The number of hydrogen-bond donors (Lipinski definition) is 2. The van der Waals surface area contributed by atoms with Crippen LogP contribution < -0.4 is 20.1 Å². The maximum absolute atomic E-state index is 13.9. The fourth-order valence-corrected chi connectivity index (χ4v) is 12.1. The highest BCUT2D eigenvalue weighted by atomic mass is 16.5. The molecule has 0 aliphatic heterocycles. The average Bonchev–Trinajstić information content (AvgIpc) is 3.50. The Hall–Kier alpha value is -4.78. The number of nitrogens with one attached hydrogen (secondary N) is 2. The van der Waals surface area contributed by atoms with Gasteiger partial charge < -0.3 is 24.8 Å². The summed E-state index contributed by atoms with van der Waals surface area (Å²) in [6.45, 7) is 7.86. The van der Waals surface area contributed by atoms with Gasteiger partial charge in [-0.15, -0.1) is 0 Å². The Morgan fingerprint density at radius 1 is 0.378 bits per heavy atom. The predicted octanol–water partition coefficient (Wildman–Crippen LogP) is 22.2. The first kappa shape index (κ1) is 68.0. The van der Waals surface area contributed by atoms with Gasteiger partial charge in [0.2, 0.25) is 5.91 Å². The van der Waals surface area contributed by atoms with Crippen molar-refractivity contribution in [3.05, 3.63) is 119 Å². The molecule has 7 heteroatoms. The number of fused-ring (bicyclic) bond motifs is 3. The van der Waals surface area contributed by atoms with E-state index in [-0.39, 0.29) is 18.4 Å². The summed E-state index contributed by atoms with van der Waals surface area (Å²) in [5, 5.41) is 6.05. The number of hydrogen-bond acceptors (Lipinski definition) is 5. The van der Waals surface area contributed by atoms with E-state index in [1.54, 1.807) is 6.92 Å². The zero-order valence-electron chi connectivity index (χ0n) is 52.4. The topological polar surface area (TPSA) is 85.9 Å². The number of ether oxygens (including phenoxy) is 3. The Bertz CT molecular complexity index is 2070. The van der Waals surface area contributed by atoms with Crippen LogP contribution in [-0.4, -0.2) is 37.9 Å². The van der Waals surface area contributed by atoms with E-state index in [0.717, 1.165) is 46.6 Å². The second-order valence-electron chi connectivity index (χ2n) is 24.4. The van der Waals surface area contributed by atoms with Crippen molar-refractivity contribution in [1.29, 1.82) is 0 Å². The van der Waals surface area contributed by atoms with Crippen molar-refractivity contribution >= 4 is 12.0 Å². The monoisotopic (exact) mass is 1120 g/mol. The van der Waals surface area contributed by atoms with Crippen molar-refractivity contribution < 1.29 is 23.8 Å². The van der Waals surface area contributed by atoms with E-state index in [1.807, 2.05) is 72.8 Å². The lowest BCUT2D eigenvalue weighted by atomic mass is 9.98. The molecule has 1 atom stereocenters. The fourth-order valence-electron chi connectivity index (χ4n) is 12.1. The van der Waals surface area contributed by atoms with Gasteiger partial charge in [0.1, 0.15) is 24.1 Å². The van der Waals surface area contributed by atoms with E-state index in [2.05, 4.69) is 48.7 Å². The highest BCUT2D eigenvalue weighted by Crippen LogP contribution is 2.44. The molecule has 0 saturated heterocycles. The second kappa shape index (κ2) is 44.7. The standard InChI is InChI=1S/C75H116N2O5/c1-4-6-8-10-12-14-16-18-20-22-24-26-28-30-32-34-36-38-40-46-60-80-66-56-52-64(53-57-66)73(77-74(78)63(3)76-75(79)82-62-72-70-50-44-42-48-68(70)69-49-43-45-51-71(69)72)65-54-58-67(59-55-65)81-61-47-41-39-37-35-33-31-29-27-25-23-21-19-17-15-13-11-9-7-5-2/h42-45,48-59,63,72-73H,4-41,46-47,60-62H2,1-3H3,(H,76,79)(H,77,78)/t63-/m0/s1. The Labute approximate surface area is 501 Å². The summed E-state index contributed by atoms with van der Waals surface area (Å²) in [6.07, 6.45) is 54.2. The van der Waals surface area contributed by atoms with Gasteiger partial charge in [-0.2, -0.15) is 0 Å². The Balaban J connectivity index is 0.979. The third-order valence-electron chi connectivity index (χ3n) is 17.3. The normalized spacial score (nSPS) is 12.3. The first-order chi connectivity index (χ1) is 40.5. The van der Waals surface area contributed by atoms with Crippen molar-refractivity contribution in [3.63, 3.8) is 0 Å². The van der Waals surface area contributed by atoms with Crippen molar-refractivity contribution in [3.8, 4) is 22.6 Å². The summed E-state index contributed by atoms with van der Waals surface area (Å²) in [7, 11) is 0. The van der Waals surface area contributed by atoms with Crippen LogP contribution in [0.5, 0.6) is 11.5 Å². The van der Waals surface area contributed by atoms with Crippen LogP contribution in [0.25, 0.3) is 11.1 Å². The van der Waals surface area contributed by atoms with Crippen LogP contribution in [0, 0.1) is 0 Å². The minimum absolute atomic E-state index is 0.0672. The molecule has 0 bridgehead atoms. The fraction of sp³-hybridized carbons (Fsp3) is 0.653. The van der Waals surface area contributed by atoms with Crippen LogP contribution in [0.4, 0.5) is 4.79 Å². The Morgan fingerprint density at radius 2 is 0.671 bits per heavy atom. The number of alkyl carbamates (subject to hydrolysis) is 1. The Morgan fingerprint density at radius 3 is 0.988 bits per heavy atom. The number of rotatable bonds is 51. The first-order valence-corrected chi connectivity index (χ1v) is 34.4. The molecule has 1 aliphatic carbocycles. The van der Waals surface area contributed by atoms with E-state index in [4.69, 9.17) is 14.2 Å². The second-order valence-corrected chi connectivity index (χ2v) is 24.4. The van der Waals surface area contributed by atoms with Gasteiger partial charge in [0.05, 0.1) is 19.3 Å². The largest absolute Gasteiger partial charge is 0.494 e. The lowest BCUT2D eigenvalue weighted by molar-refractivity contribution is -0.123. The van der Waals surface area contributed by atoms with Crippen LogP contribution in [-0.2, 0) is 9.53 Å². The molecule has 0 saturated carbocycles.